The lowest BCUT2D eigenvalue weighted by atomic mass is 10.4. The van der Waals surface area contributed by atoms with Gasteiger partial charge >= 0.3 is 0 Å². The van der Waals surface area contributed by atoms with Crippen LogP contribution in [0.15, 0.2) is 10.7 Å². The van der Waals surface area contributed by atoms with E-state index in [0.29, 0.717) is 42.4 Å². The molecule has 0 aliphatic carbocycles. The molecule has 1 heterocycles. The quantitative estimate of drug-likeness (QED) is 0.761. The van der Waals surface area contributed by atoms with Gasteiger partial charge < -0.3 is 14.4 Å². The lowest BCUT2D eigenvalue weighted by Crippen LogP contribution is -2.30. The number of nitriles is 1. The zero-order valence-corrected chi connectivity index (χ0v) is 12.0. The monoisotopic (exact) mass is 314 g/mol. The molecular weight excluding hydrogens is 300 g/mol. The lowest BCUT2D eigenvalue weighted by Gasteiger charge is -2.21. The minimum Gasteiger partial charge on any atom is -0.480 e. The summed E-state index contributed by atoms with van der Waals surface area (Å²) in [5.74, 6) is 1.00. The van der Waals surface area contributed by atoms with E-state index in [-0.39, 0.29) is 0 Å². The van der Waals surface area contributed by atoms with Gasteiger partial charge in [-0.2, -0.15) is 10.2 Å². The van der Waals surface area contributed by atoms with Crippen LogP contribution < -0.4 is 9.64 Å². The number of methoxy groups -OCH3 is 2. The fourth-order valence-corrected chi connectivity index (χ4v) is 1.69. The van der Waals surface area contributed by atoms with Crippen molar-refractivity contribution in [3.63, 3.8) is 0 Å². The van der Waals surface area contributed by atoms with Crippen LogP contribution in [0, 0.1) is 11.3 Å². The molecule has 1 aromatic heterocycles. The van der Waals surface area contributed by atoms with Crippen molar-refractivity contribution in [3.05, 3.63) is 10.7 Å². The molecule has 0 aromatic carbocycles. The molecule has 18 heavy (non-hydrogen) atoms. The summed E-state index contributed by atoms with van der Waals surface area (Å²) in [4.78, 5) is 10.4. The molecule has 0 atom stereocenters. The predicted octanol–water partition coefficient (Wildman–Crippen LogP) is 1.61. The molecule has 7 heteroatoms. The van der Waals surface area contributed by atoms with Crippen LogP contribution in [0.1, 0.15) is 6.42 Å². The molecule has 0 unspecified atom stereocenters. The number of hydrogen-bond acceptors (Lipinski definition) is 6. The van der Waals surface area contributed by atoms with Crippen LogP contribution in [0.3, 0.4) is 0 Å². The Morgan fingerprint density at radius 3 is 2.83 bits per heavy atom. The van der Waals surface area contributed by atoms with Gasteiger partial charge in [0, 0.05) is 20.2 Å². The summed E-state index contributed by atoms with van der Waals surface area (Å²) in [6.07, 6.45) is 2.04. The van der Waals surface area contributed by atoms with Crippen molar-refractivity contribution in [2.75, 3.05) is 38.8 Å². The normalized spacial score (nSPS) is 9.89. The van der Waals surface area contributed by atoms with Gasteiger partial charge in [0.2, 0.25) is 11.8 Å². The van der Waals surface area contributed by atoms with Crippen LogP contribution >= 0.6 is 15.9 Å². The van der Waals surface area contributed by atoms with E-state index < -0.39 is 0 Å². The molecule has 98 valence electrons. The minimum atomic E-state index is 0.408. The molecule has 0 bridgehead atoms. The number of ether oxygens (including phenoxy) is 2. The van der Waals surface area contributed by atoms with E-state index in [9.17, 15) is 0 Å². The van der Waals surface area contributed by atoms with Gasteiger partial charge in [0.25, 0.3) is 0 Å². The molecule has 0 spiro atoms. The van der Waals surface area contributed by atoms with Crippen LogP contribution in [-0.4, -0.2) is 43.9 Å². The lowest BCUT2D eigenvalue weighted by molar-refractivity contribution is 0.205. The van der Waals surface area contributed by atoms with Gasteiger partial charge in [-0.15, -0.1) is 0 Å². The smallest absolute Gasteiger partial charge is 0.232 e. The third-order valence-corrected chi connectivity index (χ3v) is 2.78. The maximum atomic E-state index is 8.65. The summed E-state index contributed by atoms with van der Waals surface area (Å²) >= 11 is 3.30. The highest BCUT2D eigenvalue weighted by Gasteiger charge is 2.12. The Balaban J connectivity index is 2.86. The van der Waals surface area contributed by atoms with Gasteiger partial charge in [0.1, 0.15) is 0 Å². The van der Waals surface area contributed by atoms with Crippen LogP contribution in [0.2, 0.25) is 0 Å². The highest BCUT2D eigenvalue weighted by Crippen LogP contribution is 2.23. The molecule has 0 saturated heterocycles. The summed E-state index contributed by atoms with van der Waals surface area (Å²) < 4.78 is 10.9. The Kier molecular flexibility index (Phi) is 6.39. The summed E-state index contributed by atoms with van der Waals surface area (Å²) in [6.45, 7) is 1.74. The van der Waals surface area contributed by atoms with E-state index in [0.717, 1.165) is 0 Å². The van der Waals surface area contributed by atoms with Gasteiger partial charge in [-0.05, 0) is 15.9 Å². The second kappa shape index (κ2) is 7.84. The van der Waals surface area contributed by atoms with Crippen molar-refractivity contribution in [2.24, 2.45) is 0 Å². The van der Waals surface area contributed by atoms with E-state index in [2.05, 4.69) is 32.0 Å². The second-order valence-corrected chi connectivity index (χ2v) is 4.27. The molecule has 6 nitrogen and oxygen atoms in total. The van der Waals surface area contributed by atoms with E-state index in [1.165, 1.54) is 0 Å². The fourth-order valence-electron chi connectivity index (χ4n) is 1.34. The second-order valence-electron chi connectivity index (χ2n) is 3.42. The molecule has 0 aliphatic rings. The maximum absolute atomic E-state index is 8.65. The van der Waals surface area contributed by atoms with Crippen molar-refractivity contribution in [3.8, 4) is 11.9 Å². The topological polar surface area (TPSA) is 71.3 Å². The molecular formula is C11H15BrN4O2. The Morgan fingerprint density at radius 1 is 1.44 bits per heavy atom. The molecule has 1 rings (SSSR count). The Hall–Kier alpha value is -1.39. The number of halogens is 1. The largest absolute Gasteiger partial charge is 0.480 e. The first kappa shape index (κ1) is 14.7. The standard InChI is InChI=1S/C11H15BrN4O2/c1-17-7-6-16(5-3-4-13)11-14-8-9(12)10(15-11)18-2/h8H,3,5-7H2,1-2H3. The molecule has 0 aliphatic heterocycles. The molecule has 0 N–H and O–H groups in total. The number of hydrogen-bond donors (Lipinski definition) is 0. The zero-order valence-electron chi connectivity index (χ0n) is 10.4. The van der Waals surface area contributed by atoms with E-state index >= 15 is 0 Å². The summed E-state index contributed by atoms with van der Waals surface area (Å²) in [5.41, 5.74) is 0. The fraction of sp³-hybridized carbons (Fsp3) is 0.545. The van der Waals surface area contributed by atoms with Gasteiger partial charge in [-0.1, -0.05) is 0 Å². The number of rotatable bonds is 7. The summed E-state index contributed by atoms with van der Waals surface area (Å²) in [7, 11) is 3.18. The molecule has 0 fully saturated rings. The van der Waals surface area contributed by atoms with Crippen molar-refractivity contribution in [2.45, 2.75) is 6.42 Å². The van der Waals surface area contributed by atoms with Gasteiger partial charge in [0.05, 0.1) is 36.9 Å². The van der Waals surface area contributed by atoms with Crippen molar-refractivity contribution < 1.29 is 9.47 Å². The molecule has 0 radical (unpaired) electrons. The van der Waals surface area contributed by atoms with Crippen LogP contribution in [0.25, 0.3) is 0 Å². The predicted molar refractivity (Wildman–Crippen MR) is 70.6 cm³/mol. The van der Waals surface area contributed by atoms with Crippen LogP contribution in [-0.2, 0) is 4.74 Å². The average Bonchev–Trinajstić information content (AvgIpc) is 2.40. The van der Waals surface area contributed by atoms with Crippen molar-refractivity contribution >= 4 is 21.9 Å². The molecule has 1 aromatic rings. The maximum Gasteiger partial charge on any atom is 0.232 e. The Labute approximate surface area is 115 Å². The third kappa shape index (κ3) is 4.13. The first-order valence-electron chi connectivity index (χ1n) is 5.40. The minimum absolute atomic E-state index is 0.408. The van der Waals surface area contributed by atoms with Gasteiger partial charge in [-0.25, -0.2) is 4.98 Å². The number of anilines is 1. The van der Waals surface area contributed by atoms with Crippen LogP contribution in [0.5, 0.6) is 5.88 Å². The Morgan fingerprint density at radius 2 is 2.22 bits per heavy atom. The van der Waals surface area contributed by atoms with E-state index in [4.69, 9.17) is 14.7 Å². The summed E-state index contributed by atoms with van der Waals surface area (Å²) in [5, 5.41) is 8.65. The average molecular weight is 315 g/mol. The number of nitrogens with zero attached hydrogens (tertiary/aromatic N) is 4. The first-order chi connectivity index (χ1) is 8.72. The SMILES string of the molecule is COCCN(CCC#N)c1ncc(Br)c(OC)n1. The van der Waals surface area contributed by atoms with Crippen LogP contribution in [0.4, 0.5) is 5.95 Å². The van der Waals surface area contributed by atoms with E-state index in [1.54, 1.807) is 20.4 Å². The van der Waals surface area contributed by atoms with Gasteiger partial charge in [0.15, 0.2) is 0 Å². The van der Waals surface area contributed by atoms with Gasteiger partial charge in [-0.3, -0.25) is 0 Å². The van der Waals surface area contributed by atoms with Crippen molar-refractivity contribution in [1.29, 1.82) is 5.26 Å². The first-order valence-corrected chi connectivity index (χ1v) is 6.19. The third-order valence-electron chi connectivity index (χ3n) is 2.23. The van der Waals surface area contributed by atoms with Crippen molar-refractivity contribution in [1.82, 2.24) is 9.97 Å². The zero-order chi connectivity index (χ0) is 13.4. The molecule has 0 saturated carbocycles. The highest BCUT2D eigenvalue weighted by molar-refractivity contribution is 9.10. The Bertz CT molecular complexity index is 422. The number of aromatic nitrogens is 2. The molecule has 0 amide bonds. The summed E-state index contributed by atoms with van der Waals surface area (Å²) in [6, 6.07) is 2.11. The van der Waals surface area contributed by atoms with E-state index in [1.807, 2.05) is 4.90 Å². The highest BCUT2D eigenvalue weighted by atomic mass is 79.9.